The Morgan fingerprint density at radius 3 is 2.50 bits per heavy atom. The van der Waals surface area contributed by atoms with Gasteiger partial charge in [0.25, 0.3) is 10.0 Å². The molecule has 0 saturated carbocycles. The Bertz CT molecular complexity index is 1020. The molecule has 0 unspecified atom stereocenters. The van der Waals surface area contributed by atoms with E-state index < -0.39 is 10.0 Å². The molecule has 1 aromatic heterocycles. The molecule has 1 N–H and O–H groups in total. The van der Waals surface area contributed by atoms with Crippen molar-refractivity contribution in [1.29, 1.82) is 0 Å². The minimum Gasteiger partial charge on any atom is -0.492 e. The lowest BCUT2D eigenvalue weighted by atomic mass is 10.2. The molecular formula is C17H14Cl2N2O3S2. The van der Waals surface area contributed by atoms with Gasteiger partial charge in [-0.2, -0.15) is 0 Å². The SMILES string of the molecule is CCOc1ccc(Cl)cc1S(=O)(=O)Nc1nc(-c2ccc(Cl)cc2)cs1. The van der Waals surface area contributed by atoms with Gasteiger partial charge in [0.15, 0.2) is 5.13 Å². The lowest BCUT2D eigenvalue weighted by Crippen LogP contribution is -2.14. The molecule has 0 saturated heterocycles. The summed E-state index contributed by atoms with van der Waals surface area (Å²) in [4.78, 5) is 4.30. The van der Waals surface area contributed by atoms with Gasteiger partial charge in [-0.05, 0) is 37.3 Å². The molecule has 0 amide bonds. The summed E-state index contributed by atoms with van der Waals surface area (Å²) >= 11 is 13.0. The number of anilines is 1. The molecule has 0 spiro atoms. The fourth-order valence-corrected chi connectivity index (χ4v) is 4.72. The zero-order chi connectivity index (χ0) is 18.7. The molecule has 0 aliphatic rings. The monoisotopic (exact) mass is 428 g/mol. The van der Waals surface area contributed by atoms with Gasteiger partial charge in [-0.3, -0.25) is 4.72 Å². The molecule has 2 aromatic carbocycles. The van der Waals surface area contributed by atoms with Crippen molar-refractivity contribution < 1.29 is 13.2 Å². The predicted molar refractivity (Wildman–Crippen MR) is 106 cm³/mol. The first kappa shape index (κ1) is 19.0. The summed E-state index contributed by atoms with van der Waals surface area (Å²) in [6.07, 6.45) is 0. The van der Waals surface area contributed by atoms with Gasteiger partial charge in [-0.15, -0.1) is 11.3 Å². The highest BCUT2D eigenvalue weighted by Crippen LogP contribution is 2.31. The van der Waals surface area contributed by atoms with E-state index in [-0.39, 0.29) is 15.8 Å². The van der Waals surface area contributed by atoms with E-state index in [9.17, 15) is 8.42 Å². The third-order valence-corrected chi connectivity index (χ3v) is 6.10. The zero-order valence-electron chi connectivity index (χ0n) is 13.6. The maximum absolute atomic E-state index is 12.7. The van der Waals surface area contributed by atoms with E-state index in [4.69, 9.17) is 27.9 Å². The van der Waals surface area contributed by atoms with Crippen LogP contribution in [0, 0.1) is 0 Å². The van der Waals surface area contributed by atoms with E-state index in [0.717, 1.165) is 5.56 Å². The average Bonchev–Trinajstić information content (AvgIpc) is 3.05. The van der Waals surface area contributed by atoms with Gasteiger partial charge >= 0.3 is 0 Å². The van der Waals surface area contributed by atoms with Crippen LogP contribution in [0.5, 0.6) is 5.75 Å². The summed E-state index contributed by atoms with van der Waals surface area (Å²) in [5, 5.41) is 2.93. The Labute approximate surface area is 165 Å². The first-order valence-electron chi connectivity index (χ1n) is 7.55. The first-order valence-corrected chi connectivity index (χ1v) is 10.7. The molecule has 0 bridgehead atoms. The van der Waals surface area contributed by atoms with E-state index in [0.29, 0.717) is 22.3 Å². The predicted octanol–water partition coefficient (Wildman–Crippen LogP) is 5.32. The van der Waals surface area contributed by atoms with Crippen LogP contribution in [0.15, 0.2) is 52.7 Å². The highest BCUT2D eigenvalue weighted by Gasteiger charge is 2.22. The van der Waals surface area contributed by atoms with E-state index in [1.807, 2.05) is 12.1 Å². The molecular weight excluding hydrogens is 415 g/mol. The van der Waals surface area contributed by atoms with Gasteiger partial charge in [-0.25, -0.2) is 13.4 Å². The second kappa shape index (κ2) is 7.84. The largest absolute Gasteiger partial charge is 0.492 e. The lowest BCUT2D eigenvalue weighted by molar-refractivity contribution is 0.331. The van der Waals surface area contributed by atoms with E-state index in [1.54, 1.807) is 30.5 Å². The van der Waals surface area contributed by atoms with E-state index in [1.165, 1.54) is 23.5 Å². The number of benzene rings is 2. The van der Waals surface area contributed by atoms with Crippen molar-refractivity contribution >= 4 is 49.7 Å². The number of sulfonamides is 1. The van der Waals surface area contributed by atoms with E-state index >= 15 is 0 Å². The van der Waals surface area contributed by atoms with Crippen LogP contribution < -0.4 is 9.46 Å². The second-order valence-corrected chi connectivity index (χ2v) is 8.56. The Morgan fingerprint density at radius 2 is 1.81 bits per heavy atom. The normalized spacial score (nSPS) is 11.3. The minimum atomic E-state index is -3.90. The lowest BCUT2D eigenvalue weighted by Gasteiger charge is -2.11. The number of aromatic nitrogens is 1. The van der Waals surface area contributed by atoms with Crippen LogP contribution in [-0.4, -0.2) is 20.0 Å². The number of nitrogens with one attached hydrogen (secondary N) is 1. The van der Waals surface area contributed by atoms with Crippen LogP contribution >= 0.6 is 34.5 Å². The number of nitrogens with zero attached hydrogens (tertiary/aromatic N) is 1. The Morgan fingerprint density at radius 1 is 1.12 bits per heavy atom. The molecule has 9 heteroatoms. The third kappa shape index (κ3) is 4.29. The topological polar surface area (TPSA) is 68.3 Å². The molecule has 3 rings (SSSR count). The minimum absolute atomic E-state index is 0.0323. The Kier molecular flexibility index (Phi) is 5.72. The van der Waals surface area contributed by atoms with Gasteiger partial charge in [0, 0.05) is 21.0 Å². The van der Waals surface area contributed by atoms with Crippen molar-refractivity contribution in [3.05, 3.63) is 57.9 Å². The smallest absolute Gasteiger partial charge is 0.267 e. The number of rotatable bonds is 6. The summed E-state index contributed by atoms with van der Waals surface area (Å²) in [6, 6.07) is 11.6. The van der Waals surface area contributed by atoms with Crippen LogP contribution in [-0.2, 0) is 10.0 Å². The number of halogens is 2. The van der Waals surface area contributed by atoms with Gasteiger partial charge < -0.3 is 4.74 Å². The molecule has 0 radical (unpaired) electrons. The number of ether oxygens (including phenoxy) is 1. The Balaban J connectivity index is 1.89. The standard InChI is InChI=1S/C17H14Cl2N2O3S2/c1-2-24-15-8-7-13(19)9-16(15)26(22,23)21-17-20-14(10-25-17)11-3-5-12(18)6-4-11/h3-10H,2H2,1H3,(H,20,21). The molecule has 5 nitrogen and oxygen atoms in total. The van der Waals surface area contributed by atoms with Crippen molar-refractivity contribution in [2.75, 3.05) is 11.3 Å². The van der Waals surface area contributed by atoms with Gasteiger partial charge in [-0.1, -0.05) is 35.3 Å². The summed E-state index contributed by atoms with van der Waals surface area (Å²) in [5.74, 6) is 0.235. The fraction of sp³-hybridized carbons (Fsp3) is 0.118. The maximum atomic E-state index is 12.7. The van der Waals surface area contributed by atoms with Crippen LogP contribution in [0.2, 0.25) is 10.0 Å². The van der Waals surface area contributed by atoms with Gasteiger partial charge in [0.2, 0.25) is 0 Å². The molecule has 0 aliphatic heterocycles. The summed E-state index contributed by atoms with van der Waals surface area (Å²) < 4.78 is 33.4. The number of thiazole rings is 1. The van der Waals surface area contributed by atoms with Crippen LogP contribution in [0.1, 0.15) is 6.92 Å². The zero-order valence-corrected chi connectivity index (χ0v) is 16.7. The first-order chi connectivity index (χ1) is 12.4. The van der Waals surface area contributed by atoms with Crippen molar-refractivity contribution in [3.63, 3.8) is 0 Å². The molecule has 0 atom stereocenters. The fourth-order valence-electron chi connectivity index (χ4n) is 2.21. The summed E-state index contributed by atoms with van der Waals surface area (Å²) in [6.45, 7) is 2.11. The summed E-state index contributed by atoms with van der Waals surface area (Å²) in [7, 11) is -3.90. The van der Waals surface area contributed by atoms with Crippen molar-refractivity contribution in [1.82, 2.24) is 4.98 Å². The summed E-state index contributed by atoms with van der Waals surface area (Å²) in [5.41, 5.74) is 1.49. The molecule has 0 fully saturated rings. The van der Waals surface area contributed by atoms with Crippen molar-refractivity contribution in [3.8, 4) is 17.0 Å². The van der Waals surface area contributed by atoms with Crippen molar-refractivity contribution in [2.45, 2.75) is 11.8 Å². The quantitative estimate of drug-likeness (QED) is 0.576. The molecule has 0 aliphatic carbocycles. The molecule has 136 valence electrons. The molecule has 26 heavy (non-hydrogen) atoms. The van der Waals surface area contributed by atoms with Crippen molar-refractivity contribution in [2.24, 2.45) is 0 Å². The number of hydrogen-bond acceptors (Lipinski definition) is 5. The van der Waals surface area contributed by atoms with Crippen LogP contribution in [0.4, 0.5) is 5.13 Å². The third-order valence-electron chi connectivity index (χ3n) is 3.36. The molecule has 1 heterocycles. The molecule has 3 aromatic rings. The number of hydrogen-bond donors (Lipinski definition) is 1. The van der Waals surface area contributed by atoms with Crippen LogP contribution in [0.3, 0.4) is 0 Å². The second-order valence-electron chi connectivity index (χ2n) is 5.17. The van der Waals surface area contributed by atoms with Crippen LogP contribution in [0.25, 0.3) is 11.3 Å². The Hall–Kier alpha value is -1.80. The highest BCUT2D eigenvalue weighted by molar-refractivity contribution is 7.93. The maximum Gasteiger partial charge on any atom is 0.267 e. The van der Waals surface area contributed by atoms with E-state index in [2.05, 4.69) is 9.71 Å². The van der Waals surface area contributed by atoms with Gasteiger partial charge in [0.05, 0.1) is 12.3 Å². The average molecular weight is 429 g/mol. The van der Waals surface area contributed by atoms with Gasteiger partial charge in [0.1, 0.15) is 10.6 Å². The highest BCUT2D eigenvalue weighted by atomic mass is 35.5.